The molecular weight excluding hydrogens is 286 g/mol. The summed E-state index contributed by atoms with van der Waals surface area (Å²) in [6.45, 7) is 0. The molecule has 116 valence electrons. The van der Waals surface area contributed by atoms with E-state index < -0.39 is 0 Å². The second-order valence-corrected chi connectivity index (χ2v) is 6.21. The molecule has 0 bridgehead atoms. The Hall–Kier alpha value is -2.49. The van der Waals surface area contributed by atoms with Gasteiger partial charge in [0.05, 0.1) is 0 Å². The molecule has 1 aromatic carbocycles. The largest absolute Gasteiger partial charge is 0.289 e. The minimum absolute atomic E-state index is 0.0498. The molecule has 0 saturated heterocycles. The van der Waals surface area contributed by atoms with E-state index in [4.69, 9.17) is 4.98 Å². The van der Waals surface area contributed by atoms with Crippen LogP contribution >= 0.6 is 0 Å². The van der Waals surface area contributed by atoms with E-state index in [0.717, 1.165) is 29.7 Å². The molecule has 0 atom stereocenters. The van der Waals surface area contributed by atoms with Gasteiger partial charge in [0.2, 0.25) is 0 Å². The standard InChI is InChI=1S/C19H19N3O/c23-18-11-10-15-13-20-17(12-14-6-2-1-3-7-14)21-19(15)22(18)16-8-4-5-9-16/h1-3,6-7,10-11,13,16H,4-5,8-9,12H2. The van der Waals surface area contributed by atoms with Crippen molar-refractivity contribution < 1.29 is 0 Å². The average molecular weight is 305 g/mol. The number of hydrogen-bond donors (Lipinski definition) is 0. The molecule has 2 aromatic heterocycles. The molecule has 1 aliphatic rings. The van der Waals surface area contributed by atoms with Gasteiger partial charge in [-0.15, -0.1) is 0 Å². The van der Waals surface area contributed by atoms with E-state index in [1.54, 1.807) is 6.07 Å². The molecule has 4 rings (SSSR count). The highest BCUT2D eigenvalue weighted by atomic mass is 16.1. The molecule has 0 aliphatic heterocycles. The number of hydrogen-bond acceptors (Lipinski definition) is 3. The Bertz CT molecular complexity index is 880. The Morgan fingerprint density at radius 1 is 1.04 bits per heavy atom. The zero-order valence-electron chi connectivity index (χ0n) is 13.0. The molecule has 0 spiro atoms. The number of nitrogens with zero attached hydrogens (tertiary/aromatic N) is 3. The summed E-state index contributed by atoms with van der Waals surface area (Å²) < 4.78 is 1.89. The van der Waals surface area contributed by atoms with E-state index >= 15 is 0 Å². The van der Waals surface area contributed by atoms with Gasteiger partial charge in [-0.1, -0.05) is 43.2 Å². The molecule has 1 fully saturated rings. The maximum absolute atomic E-state index is 12.4. The highest BCUT2D eigenvalue weighted by Gasteiger charge is 2.20. The van der Waals surface area contributed by atoms with Crippen molar-refractivity contribution in [1.29, 1.82) is 0 Å². The van der Waals surface area contributed by atoms with Crippen LogP contribution in [0, 0.1) is 0 Å². The molecule has 0 radical (unpaired) electrons. The molecule has 4 nitrogen and oxygen atoms in total. The summed E-state index contributed by atoms with van der Waals surface area (Å²) >= 11 is 0. The van der Waals surface area contributed by atoms with Gasteiger partial charge in [0.15, 0.2) is 0 Å². The first-order valence-electron chi connectivity index (χ1n) is 8.22. The fraction of sp³-hybridized carbons (Fsp3) is 0.316. The third kappa shape index (κ3) is 2.77. The number of aromatic nitrogens is 3. The van der Waals surface area contributed by atoms with E-state index in [2.05, 4.69) is 17.1 Å². The molecule has 0 unspecified atom stereocenters. The molecule has 3 aromatic rings. The molecular formula is C19H19N3O. The van der Waals surface area contributed by atoms with Gasteiger partial charge in [-0.25, -0.2) is 9.97 Å². The lowest BCUT2D eigenvalue weighted by atomic mass is 10.1. The van der Waals surface area contributed by atoms with Gasteiger partial charge in [0.1, 0.15) is 11.5 Å². The second-order valence-electron chi connectivity index (χ2n) is 6.21. The number of rotatable bonds is 3. The zero-order chi connectivity index (χ0) is 15.6. The first-order valence-corrected chi connectivity index (χ1v) is 8.22. The van der Waals surface area contributed by atoms with Crippen LogP contribution < -0.4 is 5.56 Å². The van der Waals surface area contributed by atoms with Crippen LogP contribution in [-0.2, 0) is 6.42 Å². The number of pyridine rings is 1. The third-order valence-corrected chi connectivity index (χ3v) is 4.61. The summed E-state index contributed by atoms with van der Waals surface area (Å²) in [5, 5.41) is 0.938. The van der Waals surface area contributed by atoms with E-state index in [9.17, 15) is 4.79 Å². The van der Waals surface area contributed by atoms with E-state index in [0.29, 0.717) is 6.42 Å². The summed E-state index contributed by atoms with van der Waals surface area (Å²) in [7, 11) is 0. The molecule has 0 amide bonds. The topological polar surface area (TPSA) is 47.8 Å². The Labute approximate surface area is 134 Å². The van der Waals surface area contributed by atoms with Crippen molar-refractivity contribution in [2.45, 2.75) is 38.1 Å². The second kappa shape index (κ2) is 5.95. The van der Waals surface area contributed by atoms with Crippen LogP contribution in [0.25, 0.3) is 11.0 Å². The minimum Gasteiger partial charge on any atom is -0.289 e. The maximum Gasteiger partial charge on any atom is 0.252 e. The summed E-state index contributed by atoms with van der Waals surface area (Å²) in [5.41, 5.74) is 2.01. The number of fused-ring (bicyclic) bond motifs is 1. The fourth-order valence-corrected chi connectivity index (χ4v) is 3.45. The maximum atomic E-state index is 12.4. The first-order chi connectivity index (χ1) is 11.3. The zero-order valence-corrected chi connectivity index (χ0v) is 13.0. The summed E-state index contributed by atoms with van der Waals surface area (Å²) in [6, 6.07) is 13.9. The Morgan fingerprint density at radius 3 is 2.61 bits per heavy atom. The third-order valence-electron chi connectivity index (χ3n) is 4.61. The highest BCUT2D eigenvalue weighted by molar-refractivity contribution is 5.74. The lowest BCUT2D eigenvalue weighted by Gasteiger charge is -2.16. The van der Waals surface area contributed by atoms with Gasteiger partial charge >= 0.3 is 0 Å². The first kappa shape index (κ1) is 14.1. The van der Waals surface area contributed by atoms with Gasteiger partial charge in [-0.3, -0.25) is 9.36 Å². The van der Waals surface area contributed by atoms with Gasteiger partial charge in [-0.2, -0.15) is 0 Å². The van der Waals surface area contributed by atoms with Crippen LogP contribution in [-0.4, -0.2) is 14.5 Å². The number of benzene rings is 1. The minimum atomic E-state index is 0.0498. The van der Waals surface area contributed by atoms with Crippen LogP contribution in [0.5, 0.6) is 0 Å². The van der Waals surface area contributed by atoms with Crippen molar-refractivity contribution in [3.8, 4) is 0 Å². The molecule has 4 heteroatoms. The van der Waals surface area contributed by atoms with Crippen molar-refractivity contribution >= 4 is 11.0 Å². The van der Waals surface area contributed by atoms with Crippen molar-refractivity contribution in [3.05, 3.63) is 70.4 Å². The Morgan fingerprint density at radius 2 is 1.83 bits per heavy atom. The van der Waals surface area contributed by atoms with E-state index in [1.165, 1.54) is 18.4 Å². The van der Waals surface area contributed by atoms with Gasteiger partial charge in [0.25, 0.3) is 5.56 Å². The molecule has 1 aliphatic carbocycles. The lowest BCUT2D eigenvalue weighted by molar-refractivity contribution is 0.515. The molecule has 2 heterocycles. The van der Waals surface area contributed by atoms with Crippen molar-refractivity contribution in [2.24, 2.45) is 0 Å². The predicted octanol–water partition coefficient (Wildman–Crippen LogP) is 3.50. The Balaban J connectivity index is 1.80. The normalized spacial score (nSPS) is 15.3. The SMILES string of the molecule is O=c1ccc2cnc(Cc3ccccc3)nc2n1C1CCCC1. The summed E-state index contributed by atoms with van der Waals surface area (Å²) in [5.74, 6) is 0.765. The predicted molar refractivity (Wildman–Crippen MR) is 90.6 cm³/mol. The lowest BCUT2D eigenvalue weighted by Crippen LogP contribution is -2.24. The molecule has 0 N–H and O–H groups in total. The van der Waals surface area contributed by atoms with Crippen LogP contribution in [0.3, 0.4) is 0 Å². The van der Waals surface area contributed by atoms with E-state index in [1.807, 2.05) is 35.0 Å². The van der Waals surface area contributed by atoms with Crippen LogP contribution in [0.15, 0.2) is 53.5 Å². The van der Waals surface area contributed by atoms with Crippen molar-refractivity contribution in [2.75, 3.05) is 0 Å². The van der Waals surface area contributed by atoms with Gasteiger partial charge in [-0.05, 0) is 24.5 Å². The van der Waals surface area contributed by atoms with Crippen LogP contribution in [0.2, 0.25) is 0 Å². The van der Waals surface area contributed by atoms with Crippen molar-refractivity contribution in [3.63, 3.8) is 0 Å². The van der Waals surface area contributed by atoms with Crippen molar-refractivity contribution in [1.82, 2.24) is 14.5 Å². The summed E-state index contributed by atoms with van der Waals surface area (Å²) in [4.78, 5) is 21.6. The average Bonchev–Trinajstić information content (AvgIpc) is 3.09. The van der Waals surface area contributed by atoms with Gasteiger partial charge < -0.3 is 0 Å². The monoisotopic (exact) mass is 305 g/mol. The highest BCUT2D eigenvalue weighted by Crippen LogP contribution is 2.30. The molecule has 1 saturated carbocycles. The smallest absolute Gasteiger partial charge is 0.252 e. The Kier molecular flexibility index (Phi) is 3.66. The summed E-state index contributed by atoms with van der Waals surface area (Å²) in [6.07, 6.45) is 7.04. The van der Waals surface area contributed by atoms with E-state index in [-0.39, 0.29) is 11.6 Å². The quantitative estimate of drug-likeness (QED) is 0.744. The van der Waals surface area contributed by atoms with Crippen LogP contribution in [0.4, 0.5) is 0 Å². The fourth-order valence-electron chi connectivity index (χ4n) is 3.45. The van der Waals surface area contributed by atoms with Gasteiger partial charge in [0, 0.05) is 30.1 Å². The van der Waals surface area contributed by atoms with Crippen LogP contribution in [0.1, 0.15) is 43.1 Å². The molecule has 23 heavy (non-hydrogen) atoms.